The summed E-state index contributed by atoms with van der Waals surface area (Å²) in [7, 11) is 0. The van der Waals surface area contributed by atoms with Crippen LogP contribution in [0.1, 0.15) is 59.3 Å². The van der Waals surface area contributed by atoms with E-state index in [9.17, 15) is 4.79 Å². The zero-order valence-corrected chi connectivity index (χ0v) is 17.8. The van der Waals surface area contributed by atoms with Gasteiger partial charge in [-0.3, -0.25) is 9.79 Å². The molecule has 0 spiro atoms. The predicted octanol–water partition coefficient (Wildman–Crippen LogP) is 2.30. The molecule has 3 atom stereocenters. The summed E-state index contributed by atoms with van der Waals surface area (Å²) in [4.78, 5) is 21.0. The van der Waals surface area contributed by atoms with Crippen LogP contribution in [-0.2, 0) is 4.79 Å². The third-order valence-electron chi connectivity index (χ3n) is 5.73. The number of primary amides is 1. The van der Waals surface area contributed by atoms with E-state index in [1.54, 1.807) is 0 Å². The van der Waals surface area contributed by atoms with Crippen molar-refractivity contribution < 1.29 is 4.79 Å². The topological polar surface area (TPSA) is 74.0 Å². The number of hydrogen-bond acceptors (Lipinski definition) is 3. The maximum Gasteiger partial charge on any atom is 0.217 e. The molecule has 0 saturated carbocycles. The molecule has 0 aliphatic carbocycles. The summed E-state index contributed by atoms with van der Waals surface area (Å²) >= 11 is 0. The van der Waals surface area contributed by atoms with E-state index in [-0.39, 0.29) is 5.91 Å². The quantitative estimate of drug-likeness (QED) is 0.385. The molecular formula is C21H41N5O. The summed E-state index contributed by atoms with van der Waals surface area (Å²) < 4.78 is 0. The molecule has 0 aromatic rings. The molecule has 156 valence electrons. The fourth-order valence-electron chi connectivity index (χ4n) is 4.74. The average Bonchev–Trinajstić information content (AvgIpc) is 2.59. The summed E-state index contributed by atoms with van der Waals surface area (Å²) in [6.07, 6.45) is 6.40. The number of amides is 1. The number of piperidine rings is 2. The molecule has 2 fully saturated rings. The van der Waals surface area contributed by atoms with Gasteiger partial charge in [0.15, 0.2) is 5.96 Å². The van der Waals surface area contributed by atoms with Gasteiger partial charge in [0.05, 0.1) is 0 Å². The van der Waals surface area contributed by atoms with Crippen LogP contribution in [-0.4, -0.2) is 67.5 Å². The highest BCUT2D eigenvalue weighted by Crippen LogP contribution is 2.21. The van der Waals surface area contributed by atoms with Gasteiger partial charge in [0.25, 0.3) is 0 Å². The normalized spacial score (nSPS) is 27.6. The van der Waals surface area contributed by atoms with Crippen LogP contribution in [0.25, 0.3) is 0 Å². The van der Waals surface area contributed by atoms with E-state index in [1.165, 1.54) is 32.5 Å². The minimum atomic E-state index is -0.190. The van der Waals surface area contributed by atoms with Crippen LogP contribution < -0.4 is 11.1 Å². The van der Waals surface area contributed by atoms with Crippen LogP contribution in [0.3, 0.4) is 0 Å². The number of nitrogens with two attached hydrogens (primary N) is 1. The second-order valence-electron chi connectivity index (χ2n) is 8.77. The zero-order chi connectivity index (χ0) is 19.6. The zero-order valence-electron chi connectivity index (χ0n) is 17.8. The van der Waals surface area contributed by atoms with Crippen molar-refractivity contribution in [2.75, 3.05) is 45.8 Å². The van der Waals surface area contributed by atoms with Gasteiger partial charge >= 0.3 is 0 Å². The maximum absolute atomic E-state index is 11.2. The molecule has 0 aromatic heterocycles. The van der Waals surface area contributed by atoms with E-state index in [0.717, 1.165) is 63.2 Å². The Kier molecular flexibility index (Phi) is 9.39. The first-order valence-corrected chi connectivity index (χ1v) is 11.0. The highest BCUT2D eigenvalue weighted by atomic mass is 16.1. The molecule has 0 radical (unpaired) electrons. The first kappa shape index (κ1) is 22.0. The van der Waals surface area contributed by atoms with Gasteiger partial charge in [-0.1, -0.05) is 13.8 Å². The Morgan fingerprint density at radius 3 is 2.59 bits per heavy atom. The van der Waals surface area contributed by atoms with Crippen LogP contribution in [0.5, 0.6) is 0 Å². The minimum Gasteiger partial charge on any atom is -0.370 e. The average molecular weight is 380 g/mol. The Bertz CT molecular complexity index is 471. The fraction of sp³-hybridized carbons (Fsp3) is 0.905. The van der Waals surface area contributed by atoms with E-state index in [1.807, 2.05) is 0 Å². The molecule has 2 heterocycles. The van der Waals surface area contributed by atoms with Gasteiger partial charge in [0, 0.05) is 45.7 Å². The van der Waals surface area contributed by atoms with Crippen molar-refractivity contribution in [3.63, 3.8) is 0 Å². The lowest BCUT2D eigenvalue weighted by molar-refractivity contribution is -0.119. The molecule has 0 aromatic carbocycles. The van der Waals surface area contributed by atoms with Crippen molar-refractivity contribution in [1.29, 1.82) is 0 Å². The fourth-order valence-corrected chi connectivity index (χ4v) is 4.74. The number of nitrogens with zero attached hydrogens (tertiary/aromatic N) is 3. The SMILES string of the molecule is CCNC(=NCCCCN1CC(C)CC(C)C1)N1CCCC(CC(N)=O)C1. The third kappa shape index (κ3) is 8.08. The number of carbonyl (C=O) groups excluding carboxylic acids is 1. The van der Waals surface area contributed by atoms with Crippen LogP contribution in [0.4, 0.5) is 0 Å². The molecule has 2 saturated heterocycles. The van der Waals surface area contributed by atoms with E-state index in [4.69, 9.17) is 10.7 Å². The van der Waals surface area contributed by atoms with Gasteiger partial charge in [-0.25, -0.2) is 0 Å². The first-order chi connectivity index (χ1) is 13.0. The molecule has 3 unspecified atom stereocenters. The number of hydrogen-bond donors (Lipinski definition) is 2. The second kappa shape index (κ2) is 11.5. The van der Waals surface area contributed by atoms with Crippen molar-refractivity contribution in [1.82, 2.24) is 15.1 Å². The summed E-state index contributed by atoms with van der Waals surface area (Å²) in [6.45, 7) is 14.2. The van der Waals surface area contributed by atoms with Gasteiger partial charge in [-0.15, -0.1) is 0 Å². The number of aliphatic imine (C=N–C) groups is 1. The smallest absolute Gasteiger partial charge is 0.217 e. The van der Waals surface area contributed by atoms with Gasteiger partial charge in [0.1, 0.15) is 0 Å². The number of guanidine groups is 1. The van der Waals surface area contributed by atoms with Crippen molar-refractivity contribution in [3.8, 4) is 0 Å². The number of nitrogens with one attached hydrogen (secondary N) is 1. The Hall–Kier alpha value is -1.30. The van der Waals surface area contributed by atoms with Crippen molar-refractivity contribution in [3.05, 3.63) is 0 Å². The Labute approximate surface area is 165 Å². The molecule has 6 heteroatoms. The van der Waals surface area contributed by atoms with E-state index < -0.39 is 0 Å². The second-order valence-corrected chi connectivity index (χ2v) is 8.77. The highest BCUT2D eigenvalue weighted by molar-refractivity contribution is 5.80. The van der Waals surface area contributed by atoms with E-state index in [0.29, 0.717) is 12.3 Å². The molecule has 6 nitrogen and oxygen atoms in total. The Morgan fingerprint density at radius 2 is 1.93 bits per heavy atom. The summed E-state index contributed by atoms with van der Waals surface area (Å²) in [5, 5.41) is 3.43. The molecule has 2 aliphatic heterocycles. The van der Waals surface area contributed by atoms with Crippen LogP contribution in [0.2, 0.25) is 0 Å². The van der Waals surface area contributed by atoms with Gasteiger partial charge in [0.2, 0.25) is 5.91 Å². The van der Waals surface area contributed by atoms with Crippen molar-refractivity contribution in [2.24, 2.45) is 28.5 Å². The first-order valence-electron chi connectivity index (χ1n) is 11.0. The Morgan fingerprint density at radius 1 is 1.19 bits per heavy atom. The summed E-state index contributed by atoms with van der Waals surface area (Å²) in [6, 6.07) is 0. The van der Waals surface area contributed by atoms with Crippen LogP contribution in [0.15, 0.2) is 4.99 Å². The molecular weight excluding hydrogens is 338 g/mol. The lowest BCUT2D eigenvalue weighted by Crippen LogP contribution is -2.47. The summed E-state index contributed by atoms with van der Waals surface area (Å²) in [5.41, 5.74) is 5.39. The maximum atomic E-state index is 11.2. The number of unbranched alkanes of at least 4 members (excludes halogenated alkanes) is 1. The molecule has 2 rings (SSSR count). The molecule has 0 bridgehead atoms. The molecule has 1 amide bonds. The van der Waals surface area contributed by atoms with E-state index >= 15 is 0 Å². The standard InChI is InChI=1S/C21H41N5O/c1-4-23-21(26-11-7-8-19(16-26)13-20(22)27)24-9-5-6-10-25-14-17(2)12-18(3)15-25/h17-19H,4-16H2,1-3H3,(H2,22,27)(H,23,24). The Balaban J connectivity index is 1.75. The molecule has 27 heavy (non-hydrogen) atoms. The molecule has 3 N–H and O–H groups in total. The monoisotopic (exact) mass is 379 g/mol. The number of carbonyl (C=O) groups is 1. The lowest BCUT2D eigenvalue weighted by Gasteiger charge is -2.35. The van der Waals surface area contributed by atoms with Crippen molar-refractivity contribution in [2.45, 2.75) is 59.3 Å². The number of rotatable bonds is 8. The van der Waals surface area contributed by atoms with Crippen molar-refractivity contribution >= 4 is 11.9 Å². The lowest BCUT2D eigenvalue weighted by atomic mass is 9.92. The van der Waals surface area contributed by atoms with Gasteiger partial charge in [-0.2, -0.15) is 0 Å². The highest BCUT2D eigenvalue weighted by Gasteiger charge is 2.23. The summed E-state index contributed by atoms with van der Waals surface area (Å²) in [5.74, 6) is 2.85. The van der Waals surface area contributed by atoms with Crippen LogP contribution in [0, 0.1) is 17.8 Å². The van der Waals surface area contributed by atoms with Gasteiger partial charge in [-0.05, 0) is 63.3 Å². The molecule has 2 aliphatic rings. The largest absolute Gasteiger partial charge is 0.370 e. The number of likely N-dealkylation sites (tertiary alicyclic amines) is 2. The van der Waals surface area contributed by atoms with E-state index in [2.05, 4.69) is 35.9 Å². The minimum absolute atomic E-state index is 0.190. The third-order valence-corrected chi connectivity index (χ3v) is 5.73. The van der Waals surface area contributed by atoms with Gasteiger partial charge < -0.3 is 20.9 Å². The van der Waals surface area contributed by atoms with Crippen LogP contribution >= 0.6 is 0 Å². The predicted molar refractivity (Wildman–Crippen MR) is 113 cm³/mol.